The second-order valence-corrected chi connectivity index (χ2v) is 9.17. The zero-order valence-corrected chi connectivity index (χ0v) is 19.5. The summed E-state index contributed by atoms with van der Waals surface area (Å²) in [5, 5.41) is 0. The summed E-state index contributed by atoms with van der Waals surface area (Å²) in [5.41, 5.74) is 8.69. The number of carbonyl (C=O) groups is 1. The molecule has 2 aromatic rings. The first-order valence-corrected chi connectivity index (χ1v) is 10.7. The zero-order chi connectivity index (χ0) is 18.8. The first-order valence-electron chi connectivity index (χ1n) is 9.10. The Bertz CT molecular complexity index is 813. The highest BCUT2D eigenvalue weighted by atomic mass is 79.9. The van der Waals surface area contributed by atoms with Gasteiger partial charge in [0, 0.05) is 26.2 Å². The summed E-state index contributed by atoms with van der Waals surface area (Å²) in [6, 6.07) is 11.9. The first kappa shape index (κ1) is 21.7. The van der Waals surface area contributed by atoms with Gasteiger partial charge < -0.3 is 14.5 Å². The molecule has 152 valence electrons. The van der Waals surface area contributed by atoms with Gasteiger partial charge in [0.1, 0.15) is 0 Å². The number of ether oxygens (including phenoxy) is 1. The third kappa shape index (κ3) is 4.60. The molecule has 0 bridgehead atoms. The van der Waals surface area contributed by atoms with Gasteiger partial charge in [0.15, 0.2) is 12.1 Å². The molecule has 1 unspecified atom stereocenters. The van der Waals surface area contributed by atoms with E-state index in [0.29, 0.717) is 0 Å². The van der Waals surface area contributed by atoms with Crippen molar-refractivity contribution >= 4 is 61.4 Å². The third-order valence-electron chi connectivity index (χ3n) is 5.06. The van der Waals surface area contributed by atoms with Crippen LogP contribution in [-0.4, -0.2) is 62.9 Å². The number of nitrogens with two attached hydrogens (primary N) is 1. The predicted molar refractivity (Wildman–Crippen MR) is 123 cm³/mol. The maximum Gasteiger partial charge on any atom is 0.192 e. The van der Waals surface area contributed by atoms with Crippen LogP contribution in [-0.2, 0) is 4.74 Å². The standard InChI is InChI=1S/C19H23BrN4O2S.BrH/c20-18-6-5-17(27-18)16(25)13-24-15-4-2-1-3-14(15)23(19(24)21)8-7-22-9-11-26-12-10-22;/h1-6,19H,7-13,21H2;1H. The molecule has 1 aromatic heterocycles. The van der Waals surface area contributed by atoms with Crippen LogP contribution in [0.2, 0.25) is 0 Å². The number of halogens is 2. The van der Waals surface area contributed by atoms with Crippen LogP contribution < -0.4 is 15.5 Å². The molecule has 1 saturated heterocycles. The zero-order valence-electron chi connectivity index (χ0n) is 15.4. The van der Waals surface area contributed by atoms with Crippen molar-refractivity contribution < 1.29 is 9.53 Å². The third-order valence-corrected chi connectivity index (χ3v) is 6.73. The van der Waals surface area contributed by atoms with Crippen molar-refractivity contribution in [3.8, 4) is 0 Å². The van der Waals surface area contributed by atoms with Gasteiger partial charge in [-0.05, 0) is 40.2 Å². The Labute approximate surface area is 188 Å². The van der Waals surface area contributed by atoms with E-state index in [-0.39, 0.29) is 35.6 Å². The molecule has 6 nitrogen and oxygen atoms in total. The van der Waals surface area contributed by atoms with Crippen molar-refractivity contribution in [2.75, 3.05) is 55.7 Å². The number of para-hydroxylation sites is 2. The fourth-order valence-electron chi connectivity index (χ4n) is 3.61. The lowest BCUT2D eigenvalue weighted by molar-refractivity contribution is 0.0390. The maximum atomic E-state index is 12.7. The van der Waals surface area contributed by atoms with Crippen LogP contribution >= 0.6 is 44.2 Å². The van der Waals surface area contributed by atoms with Gasteiger partial charge in [0.2, 0.25) is 0 Å². The summed E-state index contributed by atoms with van der Waals surface area (Å²) in [5.74, 6) is 0.0889. The number of ketones is 1. The van der Waals surface area contributed by atoms with Gasteiger partial charge in [0.05, 0.1) is 39.8 Å². The van der Waals surface area contributed by atoms with Crippen LogP contribution in [0.3, 0.4) is 0 Å². The number of anilines is 2. The van der Waals surface area contributed by atoms with Crippen molar-refractivity contribution in [2.45, 2.75) is 6.29 Å². The highest BCUT2D eigenvalue weighted by Crippen LogP contribution is 2.38. The van der Waals surface area contributed by atoms with Gasteiger partial charge in [-0.25, -0.2) is 0 Å². The van der Waals surface area contributed by atoms with Crippen molar-refractivity contribution in [2.24, 2.45) is 5.73 Å². The van der Waals surface area contributed by atoms with Crippen LogP contribution in [0, 0.1) is 0 Å². The van der Waals surface area contributed by atoms with E-state index in [2.05, 4.69) is 31.8 Å². The molecule has 0 amide bonds. The Balaban J connectivity index is 0.00000225. The molecule has 2 N–H and O–H groups in total. The number of carbonyl (C=O) groups excluding carboxylic acids is 1. The fourth-order valence-corrected chi connectivity index (χ4v) is 4.92. The van der Waals surface area contributed by atoms with Gasteiger partial charge in [0.25, 0.3) is 0 Å². The number of hydrogen-bond acceptors (Lipinski definition) is 7. The molecule has 0 radical (unpaired) electrons. The highest BCUT2D eigenvalue weighted by Gasteiger charge is 2.34. The summed E-state index contributed by atoms with van der Waals surface area (Å²) in [7, 11) is 0. The number of rotatable bonds is 6. The summed E-state index contributed by atoms with van der Waals surface area (Å²) < 4.78 is 6.39. The Hall–Kier alpha value is -0.970. The molecule has 2 aliphatic heterocycles. The molecule has 28 heavy (non-hydrogen) atoms. The number of hydrogen-bond donors (Lipinski definition) is 1. The first-order chi connectivity index (χ1) is 13.1. The van der Waals surface area contributed by atoms with E-state index in [1.165, 1.54) is 11.3 Å². The number of morpholine rings is 1. The molecule has 1 atom stereocenters. The number of Topliss-reactive ketones (excluding diaryl/α,β-unsaturated/α-hetero) is 1. The molecular formula is C19H24Br2N4O2S. The molecular weight excluding hydrogens is 508 g/mol. The van der Waals surface area contributed by atoms with E-state index in [1.807, 2.05) is 35.2 Å². The van der Waals surface area contributed by atoms with Crippen LogP contribution in [0.1, 0.15) is 9.67 Å². The fraction of sp³-hybridized carbons (Fsp3) is 0.421. The Morgan fingerprint density at radius 3 is 2.43 bits per heavy atom. The Kier molecular flexibility index (Phi) is 7.52. The topological polar surface area (TPSA) is 62.0 Å². The van der Waals surface area contributed by atoms with E-state index >= 15 is 0 Å². The lowest BCUT2D eigenvalue weighted by atomic mass is 10.2. The lowest BCUT2D eigenvalue weighted by Gasteiger charge is -2.32. The Morgan fingerprint density at radius 1 is 1.11 bits per heavy atom. The van der Waals surface area contributed by atoms with Gasteiger partial charge >= 0.3 is 0 Å². The lowest BCUT2D eigenvalue weighted by Crippen LogP contribution is -2.53. The summed E-state index contributed by atoms with van der Waals surface area (Å²) in [6.07, 6.45) is -0.337. The minimum atomic E-state index is -0.337. The van der Waals surface area contributed by atoms with Crippen molar-refractivity contribution in [1.29, 1.82) is 0 Å². The van der Waals surface area contributed by atoms with E-state index < -0.39 is 0 Å². The van der Waals surface area contributed by atoms with Gasteiger partial charge in [-0.3, -0.25) is 15.4 Å². The normalized spacial score (nSPS) is 19.4. The average Bonchev–Trinajstić information content (AvgIpc) is 3.23. The monoisotopic (exact) mass is 530 g/mol. The quantitative estimate of drug-likeness (QED) is 0.578. The summed E-state index contributed by atoms with van der Waals surface area (Å²) in [4.78, 5) is 20.1. The number of nitrogens with zero attached hydrogens (tertiary/aromatic N) is 3. The number of benzene rings is 1. The van der Waals surface area contributed by atoms with E-state index in [9.17, 15) is 4.79 Å². The largest absolute Gasteiger partial charge is 0.379 e. The van der Waals surface area contributed by atoms with Gasteiger partial charge in [-0.15, -0.1) is 28.3 Å². The molecule has 2 aliphatic rings. The summed E-state index contributed by atoms with van der Waals surface area (Å²) >= 11 is 4.88. The number of thiophene rings is 1. The summed E-state index contributed by atoms with van der Waals surface area (Å²) in [6.45, 7) is 5.54. The second-order valence-electron chi connectivity index (χ2n) is 6.70. The molecule has 9 heteroatoms. The molecule has 0 saturated carbocycles. The molecule has 0 aliphatic carbocycles. The molecule has 1 fully saturated rings. The molecule has 4 rings (SSSR count). The Morgan fingerprint density at radius 2 is 1.79 bits per heavy atom. The second kappa shape index (κ2) is 9.69. The smallest absolute Gasteiger partial charge is 0.192 e. The van der Waals surface area contributed by atoms with E-state index in [0.717, 1.165) is 59.4 Å². The minimum absolute atomic E-state index is 0. The number of fused-ring (bicyclic) bond motifs is 1. The maximum absolute atomic E-state index is 12.7. The van der Waals surface area contributed by atoms with Gasteiger partial charge in [-0.1, -0.05) is 12.1 Å². The van der Waals surface area contributed by atoms with Gasteiger partial charge in [-0.2, -0.15) is 0 Å². The van der Waals surface area contributed by atoms with Crippen LogP contribution in [0.15, 0.2) is 40.2 Å². The van der Waals surface area contributed by atoms with Crippen LogP contribution in [0.25, 0.3) is 0 Å². The van der Waals surface area contributed by atoms with Crippen LogP contribution in [0.4, 0.5) is 11.4 Å². The highest BCUT2D eigenvalue weighted by molar-refractivity contribution is 9.11. The molecule has 0 spiro atoms. The SMILES string of the molecule is Br.NC1N(CCN2CCOCC2)c2ccccc2N1CC(=O)c1ccc(Br)s1. The average molecular weight is 532 g/mol. The molecule has 1 aromatic carbocycles. The van der Waals surface area contributed by atoms with E-state index in [4.69, 9.17) is 10.5 Å². The van der Waals surface area contributed by atoms with Crippen molar-refractivity contribution in [3.63, 3.8) is 0 Å². The van der Waals surface area contributed by atoms with E-state index in [1.54, 1.807) is 0 Å². The predicted octanol–water partition coefficient (Wildman–Crippen LogP) is 3.17. The van der Waals surface area contributed by atoms with Crippen LogP contribution in [0.5, 0.6) is 0 Å². The minimum Gasteiger partial charge on any atom is -0.379 e. The van der Waals surface area contributed by atoms with Crippen molar-refractivity contribution in [1.82, 2.24) is 4.90 Å². The molecule has 3 heterocycles. The van der Waals surface area contributed by atoms with Crippen molar-refractivity contribution in [3.05, 3.63) is 45.1 Å².